The smallest absolute Gasteiger partial charge is 0.338 e. The summed E-state index contributed by atoms with van der Waals surface area (Å²) in [4.78, 5) is 42.4. The number of carbonyl (C=O) groups is 2. The summed E-state index contributed by atoms with van der Waals surface area (Å²) in [6.45, 7) is 3.94. The van der Waals surface area contributed by atoms with E-state index in [1.165, 1.54) is 6.20 Å². The predicted molar refractivity (Wildman–Crippen MR) is 194 cm³/mol. The minimum Gasteiger partial charge on any atom is -0.497 e. The largest absolute Gasteiger partial charge is 0.497 e. The summed E-state index contributed by atoms with van der Waals surface area (Å²) in [6, 6.07) is 30.2. The molecule has 252 valence electrons. The van der Waals surface area contributed by atoms with E-state index in [4.69, 9.17) is 23.9 Å². The Hall–Kier alpha value is -6.07. The molecule has 50 heavy (non-hydrogen) atoms. The molecule has 0 spiro atoms. The first-order valence-electron chi connectivity index (χ1n) is 15.9. The van der Waals surface area contributed by atoms with Crippen molar-refractivity contribution in [1.29, 1.82) is 0 Å². The molecular formula is C39H34N4O6S. The van der Waals surface area contributed by atoms with Crippen LogP contribution in [0.25, 0.3) is 33.2 Å². The third-order valence-corrected chi connectivity index (χ3v) is 8.77. The second-order valence-corrected chi connectivity index (χ2v) is 11.9. The van der Waals surface area contributed by atoms with Gasteiger partial charge in [0.15, 0.2) is 0 Å². The summed E-state index contributed by atoms with van der Waals surface area (Å²) in [5.74, 6) is 0.562. The van der Waals surface area contributed by atoms with Crippen LogP contribution in [0.2, 0.25) is 0 Å². The SMILES string of the molecule is CCOC(=O)c1ccnc(-c2cc(C(=O)OCC)cc(-c3cc(-c4ccc(N(c5ccc(OC)cc5)c5ccc(OC)cc5)s4)ccn3)n2)c1. The number of rotatable bonds is 12. The fraction of sp³-hybridized carbons (Fsp3) is 0.154. The molecule has 0 aliphatic carbocycles. The molecule has 10 nitrogen and oxygen atoms in total. The van der Waals surface area contributed by atoms with Crippen LogP contribution in [0.15, 0.2) is 109 Å². The first-order valence-corrected chi connectivity index (χ1v) is 16.7. The van der Waals surface area contributed by atoms with Crippen molar-refractivity contribution in [3.05, 3.63) is 121 Å². The maximum Gasteiger partial charge on any atom is 0.338 e. The molecule has 0 fully saturated rings. The molecule has 2 aromatic carbocycles. The van der Waals surface area contributed by atoms with E-state index < -0.39 is 11.9 Å². The van der Waals surface area contributed by atoms with Gasteiger partial charge in [-0.1, -0.05) is 0 Å². The highest BCUT2D eigenvalue weighted by Crippen LogP contribution is 2.43. The summed E-state index contributed by atoms with van der Waals surface area (Å²) in [5, 5.41) is 0.992. The van der Waals surface area contributed by atoms with E-state index in [0.717, 1.165) is 38.3 Å². The zero-order valence-electron chi connectivity index (χ0n) is 28.0. The number of hydrogen-bond acceptors (Lipinski definition) is 11. The van der Waals surface area contributed by atoms with Gasteiger partial charge >= 0.3 is 11.9 Å². The van der Waals surface area contributed by atoms with Crippen molar-refractivity contribution in [1.82, 2.24) is 15.0 Å². The lowest BCUT2D eigenvalue weighted by molar-refractivity contribution is 0.0516. The predicted octanol–water partition coefficient (Wildman–Crippen LogP) is 8.77. The minimum absolute atomic E-state index is 0.209. The van der Waals surface area contributed by atoms with Crippen LogP contribution in [0.4, 0.5) is 16.4 Å². The van der Waals surface area contributed by atoms with Gasteiger partial charge in [0.25, 0.3) is 0 Å². The van der Waals surface area contributed by atoms with Crippen molar-refractivity contribution < 1.29 is 28.5 Å². The normalized spacial score (nSPS) is 10.7. The number of nitrogens with zero attached hydrogens (tertiary/aromatic N) is 4. The highest BCUT2D eigenvalue weighted by molar-refractivity contribution is 7.19. The Morgan fingerprint density at radius 2 is 1.14 bits per heavy atom. The topological polar surface area (TPSA) is 113 Å². The van der Waals surface area contributed by atoms with Gasteiger partial charge in [-0.3, -0.25) is 9.97 Å². The fourth-order valence-electron chi connectivity index (χ4n) is 5.23. The Labute approximate surface area is 293 Å². The lowest BCUT2D eigenvalue weighted by atomic mass is 10.1. The van der Waals surface area contributed by atoms with E-state index in [2.05, 4.69) is 27.0 Å². The quantitative estimate of drug-likeness (QED) is 0.116. The Bertz CT molecular complexity index is 2070. The number of benzene rings is 2. The average Bonchev–Trinajstić information content (AvgIpc) is 3.65. The highest BCUT2D eigenvalue weighted by atomic mass is 32.1. The molecule has 0 saturated carbocycles. The number of ether oxygens (including phenoxy) is 4. The number of hydrogen-bond donors (Lipinski definition) is 0. The zero-order chi connectivity index (χ0) is 35.0. The minimum atomic E-state index is -0.504. The van der Waals surface area contributed by atoms with Gasteiger partial charge in [0.05, 0.1) is 61.3 Å². The maximum atomic E-state index is 13.0. The summed E-state index contributed by atoms with van der Waals surface area (Å²) in [7, 11) is 3.30. The van der Waals surface area contributed by atoms with E-state index in [9.17, 15) is 9.59 Å². The van der Waals surface area contributed by atoms with Gasteiger partial charge in [-0.2, -0.15) is 0 Å². The van der Waals surface area contributed by atoms with Gasteiger partial charge in [0.2, 0.25) is 0 Å². The molecule has 0 atom stereocenters. The Morgan fingerprint density at radius 1 is 0.620 bits per heavy atom. The van der Waals surface area contributed by atoms with Gasteiger partial charge in [-0.25, -0.2) is 14.6 Å². The molecule has 0 aliphatic rings. The molecule has 4 heterocycles. The second-order valence-electron chi connectivity index (χ2n) is 10.8. The summed E-state index contributed by atoms with van der Waals surface area (Å²) in [5.41, 5.74) is 5.25. The molecule has 0 N–H and O–H groups in total. The molecule has 4 aromatic heterocycles. The second kappa shape index (κ2) is 15.4. The highest BCUT2D eigenvalue weighted by Gasteiger charge is 2.19. The van der Waals surface area contributed by atoms with Crippen LogP contribution in [0.1, 0.15) is 34.6 Å². The summed E-state index contributed by atoms with van der Waals surface area (Å²) >= 11 is 1.62. The molecule has 0 radical (unpaired) electrons. The molecule has 0 bridgehead atoms. The van der Waals surface area contributed by atoms with Crippen LogP contribution in [-0.4, -0.2) is 54.3 Å². The van der Waals surface area contributed by atoms with Crippen LogP contribution in [-0.2, 0) is 9.47 Å². The fourth-order valence-corrected chi connectivity index (χ4v) is 6.27. The van der Waals surface area contributed by atoms with Crippen LogP contribution in [0.3, 0.4) is 0 Å². The van der Waals surface area contributed by atoms with Gasteiger partial charge < -0.3 is 23.8 Å². The number of thiophene rings is 1. The number of esters is 2. The zero-order valence-corrected chi connectivity index (χ0v) is 28.8. The van der Waals surface area contributed by atoms with E-state index in [0.29, 0.717) is 28.3 Å². The Morgan fingerprint density at radius 3 is 1.70 bits per heavy atom. The maximum absolute atomic E-state index is 13.0. The first-order chi connectivity index (χ1) is 24.4. The number of anilines is 3. The van der Waals surface area contributed by atoms with Crippen LogP contribution >= 0.6 is 11.3 Å². The lowest BCUT2D eigenvalue weighted by Gasteiger charge is -2.24. The number of methoxy groups -OCH3 is 2. The van der Waals surface area contributed by atoms with E-state index >= 15 is 0 Å². The monoisotopic (exact) mass is 686 g/mol. The van der Waals surface area contributed by atoms with E-state index in [1.807, 2.05) is 60.7 Å². The molecular weight excluding hydrogens is 653 g/mol. The van der Waals surface area contributed by atoms with Crippen molar-refractivity contribution in [3.63, 3.8) is 0 Å². The van der Waals surface area contributed by atoms with Gasteiger partial charge in [0, 0.05) is 28.6 Å². The van der Waals surface area contributed by atoms with Crippen molar-refractivity contribution >= 4 is 39.7 Å². The Balaban J connectivity index is 1.38. The molecule has 11 heteroatoms. The van der Waals surface area contributed by atoms with Crippen LogP contribution in [0, 0.1) is 0 Å². The number of carbonyl (C=O) groups excluding carboxylic acids is 2. The van der Waals surface area contributed by atoms with Crippen molar-refractivity contribution in [2.45, 2.75) is 13.8 Å². The standard InChI is InChI=1S/C39H34N4O6S/c1-5-48-38(44)26-18-20-41-33(22-26)35-24-27(39(45)49-6-2)23-34(42-35)32-21-25(17-19-40-32)36-15-16-37(50-36)43(28-7-11-30(46-3)12-8-28)29-9-13-31(47-4)14-10-29/h7-24H,5-6H2,1-4H3. The van der Waals surface area contributed by atoms with E-state index in [-0.39, 0.29) is 18.8 Å². The molecule has 6 rings (SSSR count). The summed E-state index contributed by atoms with van der Waals surface area (Å²) in [6.07, 6.45) is 3.22. The van der Waals surface area contributed by atoms with Crippen molar-refractivity contribution in [2.24, 2.45) is 0 Å². The molecule has 0 saturated heterocycles. The first kappa shape index (κ1) is 33.8. The molecule has 0 aliphatic heterocycles. The Kier molecular flexibility index (Phi) is 10.4. The molecule has 6 aromatic rings. The van der Waals surface area contributed by atoms with Gasteiger partial charge in [-0.15, -0.1) is 11.3 Å². The van der Waals surface area contributed by atoms with Crippen LogP contribution < -0.4 is 14.4 Å². The third kappa shape index (κ3) is 7.48. The summed E-state index contributed by atoms with van der Waals surface area (Å²) < 4.78 is 21.3. The molecule has 0 amide bonds. The third-order valence-electron chi connectivity index (χ3n) is 7.65. The molecule has 0 unspecified atom stereocenters. The van der Waals surface area contributed by atoms with Crippen molar-refractivity contribution in [3.8, 4) is 44.7 Å². The van der Waals surface area contributed by atoms with Crippen molar-refractivity contribution in [2.75, 3.05) is 32.3 Å². The van der Waals surface area contributed by atoms with Crippen LogP contribution in [0.5, 0.6) is 11.5 Å². The average molecular weight is 687 g/mol. The van der Waals surface area contributed by atoms with Gasteiger partial charge in [0.1, 0.15) is 16.5 Å². The van der Waals surface area contributed by atoms with Gasteiger partial charge in [-0.05, 0) is 116 Å². The van der Waals surface area contributed by atoms with E-state index in [1.54, 1.807) is 69.9 Å². The number of aromatic nitrogens is 3. The lowest BCUT2D eigenvalue weighted by Crippen LogP contribution is -2.08. The number of pyridine rings is 3.